The zero-order valence-electron chi connectivity index (χ0n) is 13.1. The van der Waals surface area contributed by atoms with Crippen molar-refractivity contribution < 1.29 is 19.4 Å². The van der Waals surface area contributed by atoms with Crippen LogP contribution in [-0.4, -0.2) is 31.1 Å². The Morgan fingerprint density at radius 2 is 1.25 bits per heavy atom. The summed E-state index contributed by atoms with van der Waals surface area (Å²) in [5.41, 5.74) is 0. The zero-order chi connectivity index (χ0) is 14.9. The lowest BCUT2D eigenvalue weighted by atomic mass is 10.1. The van der Waals surface area contributed by atoms with Crippen LogP contribution in [0, 0.1) is 0 Å². The largest absolute Gasteiger partial charge is 0.505 e. The Morgan fingerprint density at radius 1 is 0.750 bits per heavy atom. The van der Waals surface area contributed by atoms with Crippen molar-refractivity contribution in [2.24, 2.45) is 0 Å². The molecule has 0 atom stereocenters. The van der Waals surface area contributed by atoms with Crippen molar-refractivity contribution in [3.63, 3.8) is 0 Å². The van der Waals surface area contributed by atoms with E-state index in [4.69, 9.17) is 9.84 Å². The van der Waals surface area contributed by atoms with E-state index in [0.29, 0.717) is 13.2 Å². The first-order valence-corrected chi connectivity index (χ1v) is 8.20. The van der Waals surface area contributed by atoms with Gasteiger partial charge in [0, 0.05) is 6.61 Å². The quantitative estimate of drug-likeness (QED) is 0.340. The van der Waals surface area contributed by atoms with Gasteiger partial charge in [-0.2, -0.15) is 0 Å². The van der Waals surface area contributed by atoms with Gasteiger partial charge in [-0.1, -0.05) is 71.1 Å². The van der Waals surface area contributed by atoms with Crippen molar-refractivity contribution in [2.45, 2.75) is 77.6 Å². The molecule has 0 radical (unpaired) electrons. The first-order valence-electron chi connectivity index (χ1n) is 8.20. The Morgan fingerprint density at radius 3 is 1.75 bits per heavy atom. The average molecular weight is 288 g/mol. The van der Waals surface area contributed by atoms with E-state index in [1.807, 2.05) is 0 Å². The van der Waals surface area contributed by atoms with Gasteiger partial charge < -0.3 is 14.6 Å². The Balaban J connectivity index is 2.94. The van der Waals surface area contributed by atoms with Gasteiger partial charge in [-0.05, 0) is 6.42 Å². The highest BCUT2D eigenvalue weighted by Crippen LogP contribution is 2.11. The fraction of sp³-hybridized carbons (Fsp3) is 0.938. The summed E-state index contributed by atoms with van der Waals surface area (Å²) in [5.74, 6) is 0. The van der Waals surface area contributed by atoms with Crippen molar-refractivity contribution in [1.82, 2.24) is 0 Å². The van der Waals surface area contributed by atoms with Gasteiger partial charge in [0.1, 0.15) is 6.61 Å². The van der Waals surface area contributed by atoms with E-state index in [9.17, 15) is 4.79 Å². The molecule has 4 nitrogen and oxygen atoms in total. The fourth-order valence-electron chi connectivity index (χ4n) is 2.16. The monoisotopic (exact) mass is 288 g/mol. The van der Waals surface area contributed by atoms with E-state index in [-0.39, 0.29) is 6.61 Å². The maximum absolute atomic E-state index is 10.1. The van der Waals surface area contributed by atoms with Gasteiger partial charge in [0.2, 0.25) is 0 Å². The number of carbonyl (C=O) groups is 1. The lowest BCUT2D eigenvalue weighted by molar-refractivity contribution is 0.0467. The molecule has 0 aliphatic rings. The van der Waals surface area contributed by atoms with E-state index in [0.717, 1.165) is 6.42 Å². The molecule has 20 heavy (non-hydrogen) atoms. The fourth-order valence-corrected chi connectivity index (χ4v) is 2.16. The summed E-state index contributed by atoms with van der Waals surface area (Å²) >= 11 is 0. The van der Waals surface area contributed by atoms with E-state index in [1.54, 1.807) is 0 Å². The maximum atomic E-state index is 10.1. The second-order valence-corrected chi connectivity index (χ2v) is 5.26. The molecule has 0 bridgehead atoms. The minimum atomic E-state index is -1.23. The van der Waals surface area contributed by atoms with Gasteiger partial charge in [-0.15, -0.1) is 0 Å². The number of unbranched alkanes of at least 4 members (excludes halogenated alkanes) is 10. The SMILES string of the molecule is CCCCCCCCCCCCCOCCOC(=O)O. The van der Waals surface area contributed by atoms with Gasteiger partial charge in [0.25, 0.3) is 0 Å². The third-order valence-corrected chi connectivity index (χ3v) is 3.35. The first-order chi connectivity index (χ1) is 9.77. The normalized spacial score (nSPS) is 10.7. The molecule has 0 aromatic carbocycles. The number of hydrogen-bond acceptors (Lipinski definition) is 3. The van der Waals surface area contributed by atoms with Crippen molar-refractivity contribution in [3.8, 4) is 0 Å². The Hall–Kier alpha value is -0.770. The van der Waals surface area contributed by atoms with Gasteiger partial charge in [-0.25, -0.2) is 4.79 Å². The van der Waals surface area contributed by atoms with Crippen LogP contribution in [-0.2, 0) is 9.47 Å². The van der Waals surface area contributed by atoms with Crippen LogP contribution in [0.1, 0.15) is 77.6 Å². The molecule has 0 unspecified atom stereocenters. The second-order valence-electron chi connectivity index (χ2n) is 5.26. The summed E-state index contributed by atoms with van der Waals surface area (Å²) in [7, 11) is 0. The molecule has 120 valence electrons. The molecule has 0 aliphatic carbocycles. The lowest BCUT2D eigenvalue weighted by Gasteiger charge is -2.04. The molecule has 0 rings (SSSR count). The standard InChI is InChI=1S/C16H32O4/c1-2-3-4-5-6-7-8-9-10-11-12-13-19-14-15-20-16(17)18/h2-15H2,1H3,(H,17,18). The van der Waals surface area contributed by atoms with E-state index in [1.165, 1.54) is 64.2 Å². The molecule has 0 aliphatic heterocycles. The van der Waals surface area contributed by atoms with Crippen LogP contribution in [0.4, 0.5) is 4.79 Å². The van der Waals surface area contributed by atoms with Crippen LogP contribution >= 0.6 is 0 Å². The smallest absolute Gasteiger partial charge is 0.450 e. The van der Waals surface area contributed by atoms with E-state index < -0.39 is 6.16 Å². The molecule has 0 heterocycles. The lowest BCUT2D eigenvalue weighted by Crippen LogP contribution is -2.08. The molecule has 0 aromatic rings. The predicted octanol–water partition coefficient (Wildman–Crippen LogP) is 5.01. The number of ether oxygens (including phenoxy) is 2. The molecule has 0 amide bonds. The summed E-state index contributed by atoms with van der Waals surface area (Å²) in [6.45, 7) is 3.46. The molecule has 0 spiro atoms. The summed E-state index contributed by atoms with van der Waals surface area (Å²) in [6.07, 6.45) is 13.3. The third kappa shape index (κ3) is 17.2. The Bertz CT molecular complexity index is 207. The highest BCUT2D eigenvalue weighted by atomic mass is 16.7. The third-order valence-electron chi connectivity index (χ3n) is 3.35. The Labute approximate surface area is 123 Å². The molecule has 0 fully saturated rings. The van der Waals surface area contributed by atoms with Crippen molar-refractivity contribution >= 4 is 6.16 Å². The first kappa shape index (κ1) is 19.2. The Kier molecular flexibility index (Phi) is 15.7. The van der Waals surface area contributed by atoms with Crippen LogP contribution in [0.2, 0.25) is 0 Å². The van der Waals surface area contributed by atoms with Crippen molar-refractivity contribution in [1.29, 1.82) is 0 Å². The summed E-state index contributed by atoms with van der Waals surface area (Å²) in [4.78, 5) is 10.1. The molecular weight excluding hydrogens is 256 g/mol. The molecule has 0 saturated heterocycles. The van der Waals surface area contributed by atoms with Crippen LogP contribution < -0.4 is 0 Å². The van der Waals surface area contributed by atoms with Crippen LogP contribution in [0.25, 0.3) is 0 Å². The molecule has 4 heteroatoms. The van der Waals surface area contributed by atoms with Gasteiger partial charge >= 0.3 is 6.16 Å². The van der Waals surface area contributed by atoms with Crippen LogP contribution in [0.15, 0.2) is 0 Å². The second kappa shape index (κ2) is 16.3. The highest BCUT2D eigenvalue weighted by Gasteiger charge is 1.96. The maximum Gasteiger partial charge on any atom is 0.505 e. The minimum absolute atomic E-state index is 0.132. The van der Waals surface area contributed by atoms with E-state index >= 15 is 0 Å². The number of hydrogen-bond donors (Lipinski definition) is 1. The van der Waals surface area contributed by atoms with Crippen LogP contribution in [0.3, 0.4) is 0 Å². The zero-order valence-corrected chi connectivity index (χ0v) is 13.1. The molecule has 0 aromatic heterocycles. The highest BCUT2D eigenvalue weighted by molar-refractivity contribution is 5.56. The summed E-state index contributed by atoms with van der Waals surface area (Å²) in [6, 6.07) is 0. The number of rotatable bonds is 15. The summed E-state index contributed by atoms with van der Waals surface area (Å²) in [5, 5.41) is 8.24. The van der Waals surface area contributed by atoms with Gasteiger partial charge in [0.15, 0.2) is 0 Å². The molecular formula is C16H32O4. The van der Waals surface area contributed by atoms with Gasteiger partial charge in [0.05, 0.1) is 6.61 Å². The van der Waals surface area contributed by atoms with Gasteiger partial charge in [-0.3, -0.25) is 0 Å². The minimum Gasteiger partial charge on any atom is -0.450 e. The van der Waals surface area contributed by atoms with Crippen molar-refractivity contribution in [2.75, 3.05) is 19.8 Å². The molecule has 1 N–H and O–H groups in total. The predicted molar refractivity (Wildman–Crippen MR) is 81.3 cm³/mol. The van der Waals surface area contributed by atoms with Crippen molar-refractivity contribution in [3.05, 3.63) is 0 Å². The summed E-state index contributed by atoms with van der Waals surface area (Å²) < 4.78 is 9.62. The topological polar surface area (TPSA) is 55.8 Å². The molecule has 0 saturated carbocycles. The number of carboxylic acid groups (broad SMARTS) is 1. The average Bonchev–Trinajstić information content (AvgIpc) is 2.43. The van der Waals surface area contributed by atoms with E-state index in [2.05, 4.69) is 11.7 Å². The van der Waals surface area contributed by atoms with Crippen LogP contribution in [0.5, 0.6) is 0 Å².